The Labute approximate surface area is 146 Å². The molecule has 25 heavy (non-hydrogen) atoms. The number of fused-ring (bicyclic) bond motifs is 1. The van der Waals surface area contributed by atoms with Crippen molar-refractivity contribution >= 4 is 11.7 Å². The second-order valence-corrected chi connectivity index (χ2v) is 6.00. The summed E-state index contributed by atoms with van der Waals surface area (Å²) < 4.78 is 1.69. The van der Waals surface area contributed by atoms with Gasteiger partial charge in [0.25, 0.3) is 0 Å². The van der Waals surface area contributed by atoms with Crippen LogP contribution in [0.4, 0.5) is 4.79 Å². The number of aromatic nitrogens is 3. The van der Waals surface area contributed by atoms with E-state index in [1.807, 2.05) is 26.8 Å². The second kappa shape index (κ2) is 8.44. The van der Waals surface area contributed by atoms with Crippen LogP contribution in [-0.2, 0) is 6.42 Å². The monoisotopic (exact) mass is 344 g/mol. The van der Waals surface area contributed by atoms with Gasteiger partial charge in [0.2, 0.25) is 0 Å². The first-order chi connectivity index (χ1) is 12.0. The molecule has 0 aliphatic rings. The number of aliphatic hydroxyl groups excluding tert-OH is 1. The normalized spacial score (nSPS) is 12.0. The maximum absolute atomic E-state index is 11.7. The van der Waals surface area contributed by atoms with Gasteiger partial charge >= 0.3 is 6.03 Å². The molecule has 2 heterocycles. The molecule has 2 aromatic rings. The second-order valence-electron chi connectivity index (χ2n) is 6.00. The number of nitriles is 1. The first-order valence-electron chi connectivity index (χ1n) is 8.41. The molecule has 0 radical (unpaired) electrons. The molecular weight excluding hydrogens is 320 g/mol. The molecular formula is C17H24N6O2. The third-order valence-electron chi connectivity index (χ3n) is 4.00. The Bertz CT molecular complexity index is 789. The van der Waals surface area contributed by atoms with E-state index in [0.717, 1.165) is 11.4 Å². The summed E-state index contributed by atoms with van der Waals surface area (Å²) in [6, 6.07) is 3.57. The predicted molar refractivity (Wildman–Crippen MR) is 93.2 cm³/mol. The van der Waals surface area contributed by atoms with Crippen molar-refractivity contribution in [1.82, 2.24) is 25.2 Å². The van der Waals surface area contributed by atoms with E-state index in [9.17, 15) is 10.1 Å². The lowest BCUT2D eigenvalue weighted by Crippen LogP contribution is -2.43. The molecule has 0 aliphatic heterocycles. The number of nitrogens with zero attached hydrogens (tertiary/aromatic N) is 4. The van der Waals surface area contributed by atoms with Crippen molar-refractivity contribution in [3.8, 4) is 6.07 Å². The molecule has 2 rings (SSSR count). The Balaban J connectivity index is 1.97. The standard InChI is InChI=1S/C17H24N6O2/c1-4-13(10-24)21-17(25)19-7-5-6-15-14(9-18)16-20-11(2)8-12(3)23(16)22-15/h8,13,24H,4-7,10H2,1-3H3,(H2,19,21,25)/t13-/m1/s1. The molecule has 0 saturated heterocycles. The van der Waals surface area contributed by atoms with Gasteiger partial charge in [-0.1, -0.05) is 6.92 Å². The molecule has 134 valence electrons. The third-order valence-corrected chi connectivity index (χ3v) is 4.00. The topological polar surface area (TPSA) is 115 Å². The lowest BCUT2D eigenvalue weighted by atomic mass is 10.1. The highest BCUT2D eigenvalue weighted by Crippen LogP contribution is 2.17. The number of hydrogen-bond donors (Lipinski definition) is 3. The summed E-state index contributed by atoms with van der Waals surface area (Å²) in [4.78, 5) is 16.1. The van der Waals surface area contributed by atoms with E-state index in [2.05, 4.69) is 26.8 Å². The summed E-state index contributed by atoms with van der Waals surface area (Å²) in [6.07, 6.45) is 1.89. The van der Waals surface area contributed by atoms with E-state index in [1.165, 1.54) is 0 Å². The van der Waals surface area contributed by atoms with Gasteiger partial charge in [0.1, 0.15) is 11.6 Å². The number of carbonyl (C=O) groups is 1. The quantitative estimate of drug-likeness (QED) is 0.653. The van der Waals surface area contributed by atoms with Crippen LogP contribution in [0.25, 0.3) is 5.65 Å². The fourth-order valence-electron chi connectivity index (χ4n) is 2.63. The minimum atomic E-state index is -0.301. The molecule has 8 nitrogen and oxygen atoms in total. The van der Waals surface area contributed by atoms with Gasteiger partial charge in [0.05, 0.1) is 18.3 Å². The molecule has 0 aliphatic carbocycles. The van der Waals surface area contributed by atoms with Gasteiger partial charge < -0.3 is 15.7 Å². The minimum Gasteiger partial charge on any atom is -0.394 e. The van der Waals surface area contributed by atoms with Gasteiger partial charge in [-0.3, -0.25) is 0 Å². The van der Waals surface area contributed by atoms with E-state index in [4.69, 9.17) is 5.11 Å². The maximum Gasteiger partial charge on any atom is 0.315 e. The smallest absolute Gasteiger partial charge is 0.315 e. The Morgan fingerprint density at radius 3 is 2.88 bits per heavy atom. The van der Waals surface area contributed by atoms with Crippen LogP contribution in [0, 0.1) is 25.2 Å². The fraction of sp³-hybridized carbons (Fsp3) is 0.529. The highest BCUT2D eigenvalue weighted by Gasteiger charge is 2.15. The molecule has 0 spiro atoms. The van der Waals surface area contributed by atoms with Crippen molar-refractivity contribution < 1.29 is 9.90 Å². The highest BCUT2D eigenvalue weighted by atomic mass is 16.3. The average molecular weight is 344 g/mol. The zero-order valence-electron chi connectivity index (χ0n) is 14.8. The van der Waals surface area contributed by atoms with Crippen molar-refractivity contribution in [2.24, 2.45) is 0 Å². The highest BCUT2D eigenvalue weighted by molar-refractivity contribution is 5.74. The number of urea groups is 1. The van der Waals surface area contributed by atoms with Crippen LogP contribution in [0.1, 0.15) is 42.4 Å². The van der Waals surface area contributed by atoms with Gasteiger partial charge in [0, 0.05) is 17.9 Å². The maximum atomic E-state index is 11.7. The Hall–Kier alpha value is -2.66. The Kier molecular flexibility index (Phi) is 6.31. The number of aryl methyl sites for hydroxylation is 3. The SMILES string of the molecule is CC[C@H](CO)NC(=O)NCCCc1nn2c(C)cc(C)nc2c1C#N. The van der Waals surface area contributed by atoms with Crippen LogP contribution in [-0.4, -0.2) is 44.9 Å². The minimum absolute atomic E-state index is 0.0809. The van der Waals surface area contributed by atoms with Crippen LogP contribution in [0.3, 0.4) is 0 Å². The van der Waals surface area contributed by atoms with Gasteiger partial charge in [-0.25, -0.2) is 14.3 Å². The zero-order valence-corrected chi connectivity index (χ0v) is 14.8. The van der Waals surface area contributed by atoms with E-state index in [-0.39, 0.29) is 18.7 Å². The van der Waals surface area contributed by atoms with Gasteiger partial charge in [-0.05, 0) is 39.2 Å². The molecule has 2 amide bonds. The molecule has 3 N–H and O–H groups in total. The molecule has 1 atom stereocenters. The molecule has 0 fully saturated rings. The van der Waals surface area contributed by atoms with Crippen LogP contribution in [0.15, 0.2) is 6.07 Å². The van der Waals surface area contributed by atoms with Crippen LogP contribution in [0.2, 0.25) is 0 Å². The number of aliphatic hydroxyl groups is 1. The number of nitrogens with one attached hydrogen (secondary N) is 2. The summed E-state index contributed by atoms with van der Waals surface area (Å²) in [7, 11) is 0. The summed E-state index contributed by atoms with van der Waals surface area (Å²) in [5.41, 5.74) is 3.53. The van der Waals surface area contributed by atoms with E-state index in [0.29, 0.717) is 42.7 Å². The van der Waals surface area contributed by atoms with Crippen LogP contribution >= 0.6 is 0 Å². The largest absolute Gasteiger partial charge is 0.394 e. The van der Waals surface area contributed by atoms with E-state index in [1.54, 1.807) is 4.52 Å². The number of hydrogen-bond acceptors (Lipinski definition) is 5. The Morgan fingerprint density at radius 2 is 2.24 bits per heavy atom. The van der Waals surface area contributed by atoms with Crippen molar-refractivity contribution in [3.63, 3.8) is 0 Å². The summed E-state index contributed by atoms with van der Waals surface area (Å²) in [6.45, 7) is 6.09. The Morgan fingerprint density at radius 1 is 1.48 bits per heavy atom. The van der Waals surface area contributed by atoms with Crippen molar-refractivity contribution in [3.05, 3.63) is 28.7 Å². The molecule has 0 aromatic carbocycles. The number of carbonyl (C=O) groups excluding carboxylic acids is 1. The first-order valence-corrected chi connectivity index (χ1v) is 8.41. The lowest BCUT2D eigenvalue weighted by Gasteiger charge is -2.14. The lowest BCUT2D eigenvalue weighted by molar-refractivity contribution is 0.214. The van der Waals surface area contributed by atoms with Crippen molar-refractivity contribution in [2.75, 3.05) is 13.2 Å². The number of rotatable bonds is 7. The third kappa shape index (κ3) is 4.45. The van der Waals surface area contributed by atoms with Gasteiger partial charge in [-0.15, -0.1) is 0 Å². The average Bonchev–Trinajstić information content (AvgIpc) is 2.94. The zero-order chi connectivity index (χ0) is 18.4. The molecule has 0 saturated carbocycles. The van der Waals surface area contributed by atoms with Crippen LogP contribution < -0.4 is 10.6 Å². The molecule has 8 heteroatoms. The summed E-state index contributed by atoms with van der Waals surface area (Å²) in [5.74, 6) is 0. The summed E-state index contributed by atoms with van der Waals surface area (Å²) >= 11 is 0. The first kappa shape index (κ1) is 18.7. The predicted octanol–water partition coefficient (Wildman–Crippen LogP) is 1.22. The van der Waals surface area contributed by atoms with Gasteiger partial charge in [0.15, 0.2) is 5.65 Å². The van der Waals surface area contributed by atoms with Crippen LogP contribution in [0.5, 0.6) is 0 Å². The van der Waals surface area contributed by atoms with Crippen molar-refractivity contribution in [2.45, 2.75) is 46.1 Å². The van der Waals surface area contributed by atoms with Gasteiger partial charge in [-0.2, -0.15) is 10.4 Å². The molecule has 2 aromatic heterocycles. The number of amides is 2. The summed E-state index contributed by atoms with van der Waals surface area (Å²) in [5, 5.41) is 28.4. The molecule has 0 unspecified atom stereocenters. The van der Waals surface area contributed by atoms with Crippen molar-refractivity contribution in [1.29, 1.82) is 5.26 Å². The fourth-order valence-corrected chi connectivity index (χ4v) is 2.63. The molecule has 0 bridgehead atoms. The van der Waals surface area contributed by atoms with E-state index >= 15 is 0 Å². The van der Waals surface area contributed by atoms with E-state index < -0.39 is 0 Å².